The van der Waals surface area contributed by atoms with Crippen molar-refractivity contribution in [3.05, 3.63) is 66.6 Å². The molecule has 0 saturated heterocycles. The van der Waals surface area contributed by atoms with Crippen molar-refractivity contribution in [1.29, 1.82) is 0 Å². The van der Waals surface area contributed by atoms with Gasteiger partial charge in [-0.05, 0) is 47.9 Å². The van der Waals surface area contributed by atoms with Gasteiger partial charge in [0.1, 0.15) is 29.9 Å². The number of hydrogen-bond acceptors (Lipinski definition) is 6. The number of fused-ring (bicyclic) bond motifs is 2. The van der Waals surface area contributed by atoms with Crippen molar-refractivity contribution in [3.8, 4) is 22.6 Å². The molecule has 0 saturated carbocycles. The average molecular weight is 359 g/mol. The van der Waals surface area contributed by atoms with Crippen molar-refractivity contribution >= 4 is 11.1 Å². The molecule has 4 aromatic rings. The predicted molar refractivity (Wildman–Crippen MR) is 100.0 cm³/mol. The standard InChI is InChI=1S/C21H17N3O3/c1-25-17-3-5-19-14(7-17)6-15(11-26-19)21-24-18-4-2-13(8-20(18)27-21)16-9-22-12-23-10-16/h2-5,7-10,12,15H,6,11H2,1H3/t15-/m0/s1. The molecule has 0 fully saturated rings. The van der Waals surface area contributed by atoms with Crippen LogP contribution >= 0.6 is 0 Å². The highest BCUT2D eigenvalue weighted by atomic mass is 16.5. The number of aromatic nitrogens is 3. The van der Waals surface area contributed by atoms with E-state index in [1.54, 1.807) is 19.5 Å². The first-order valence-corrected chi connectivity index (χ1v) is 8.76. The first-order chi connectivity index (χ1) is 13.3. The molecule has 0 radical (unpaired) electrons. The highest BCUT2D eigenvalue weighted by Gasteiger charge is 2.26. The summed E-state index contributed by atoms with van der Waals surface area (Å²) < 4.78 is 17.3. The van der Waals surface area contributed by atoms with E-state index in [0.717, 1.165) is 45.7 Å². The van der Waals surface area contributed by atoms with Crippen LogP contribution in [0.3, 0.4) is 0 Å². The fourth-order valence-corrected chi connectivity index (χ4v) is 3.40. The third-order valence-corrected chi connectivity index (χ3v) is 4.82. The zero-order valence-corrected chi connectivity index (χ0v) is 14.8. The summed E-state index contributed by atoms with van der Waals surface area (Å²) in [4.78, 5) is 12.8. The van der Waals surface area contributed by atoms with E-state index in [-0.39, 0.29) is 5.92 Å². The molecule has 134 valence electrons. The fourth-order valence-electron chi connectivity index (χ4n) is 3.40. The Hall–Kier alpha value is -3.41. The van der Waals surface area contributed by atoms with E-state index in [9.17, 15) is 0 Å². The van der Waals surface area contributed by atoms with E-state index in [2.05, 4.69) is 15.0 Å². The SMILES string of the molecule is COc1ccc2c(c1)C[C@H](c1nc3ccc(-c4cncnc4)cc3o1)CO2. The van der Waals surface area contributed by atoms with E-state index in [4.69, 9.17) is 13.9 Å². The number of methoxy groups -OCH3 is 1. The lowest BCUT2D eigenvalue weighted by Crippen LogP contribution is -2.19. The third-order valence-electron chi connectivity index (χ3n) is 4.82. The molecule has 6 heteroatoms. The van der Waals surface area contributed by atoms with E-state index in [1.807, 2.05) is 36.4 Å². The molecule has 0 N–H and O–H groups in total. The number of ether oxygens (including phenoxy) is 2. The molecule has 5 rings (SSSR count). The normalized spacial score (nSPS) is 16.0. The van der Waals surface area contributed by atoms with Crippen molar-refractivity contribution in [2.45, 2.75) is 12.3 Å². The molecule has 6 nitrogen and oxygen atoms in total. The molecule has 2 aromatic carbocycles. The first kappa shape index (κ1) is 15.8. The van der Waals surface area contributed by atoms with Crippen LogP contribution in [-0.2, 0) is 6.42 Å². The second kappa shape index (κ2) is 6.39. The third kappa shape index (κ3) is 2.89. The minimum absolute atomic E-state index is 0.0699. The van der Waals surface area contributed by atoms with Crippen LogP contribution in [0.1, 0.15) is 17.4 Å². The molecular weight excluding hydrogens is 342 g/mol. The van der Waals surface area contributed by atoms with Gasteiger partial charge in [0.2, 0.25) is 5.89 Å². The Morgan fingerprint density at radius 1 is 1.04 bits per heavy atom. The van der Waals surface area contributed by atoms with Crippen LogP contribution < -0.4 is 9.47 Å². The lowest BCUT2D eigenvalue weighted by molar-refractivity contribution is 0.243. The van der Waals surface area contributed by atoms with Crippen LogP contribution in [-0.4, -0.2) is 28.7 Å². The minimum Gasteiger partial charge on any atom is -0.497 e. The van der Waals surface area contributed by atoms with Crippen LogP contribution in [0.15, 0.2) is 59.5 Å². The van der Waals surface area contributed by atoms with E-state index in [1.165, 1.54) is 6.33 Å². The molecule has 0 aliphatic carbocycles. The van der Waals surface area contributed by atoms with Gasteiger partial charge in [0, 0.05) is 18.0 Å². The van der Waals surface area contributed by atoms with Crippen molar-refractivity contribution in [2.75, 3.05) is 13.7 Å². The Kier molecular flexibility index (Phi) is 3.74. The van der Waals surface area contributed by atoms with Gasteiger partial charge >= 0.3 is 0 Å². The van der Waals surface area contributed by atoms with Gasteiger partial charge in [-0.15, -0.1) is 0 Å². The predicted octanol–water partition coefficient (Wildman–Crippen LogP) is 4.01. The van der Waals surface area contributed by atoms with E-state index >= 15 is 0 Å². The summed E-state index contributed by atoms with van der Waals surface area (Å²) in [6, 6.07) is 11.8. The van der Waals surface area contributed by atoms with Crippen molar-refractivity contribution < 1.29 is 13.9 Å². The lowest BCUT2D eigenvalue weighted by atomic mass is 9.96. The largest absolute Gasteiger partial charge is 0.497 e. The lowest BCUT2D eigenvalue weighted by Gasteiger charge is -2.23. The second-order valence-electron chi connectivity index (χ2n) is 6.55. The molecule has 1 aliphatic heterocycles. The van der Waals surface area contributed by atoms with Gasteiger partial charge in [-0.3, -0.25) is 0 Å². The maximum absolute atomic E-state index is 6.08. The van der Waals surface area contributed by atoms with Crippen LogP contribution in [0, 0.1) is 0 Å². The Morgan fingerprint density at radius 3 is 2.78 bits per heavy atom. The van der Waals surface area contributed by atoms with Gasteiger partial charge in [-0.1, -0.05) is 6.07 Å². The summed E-state index contributed by atoms with van der Waals surface area (Å²) in [6.45, 7) is 0.547. The summed E-state index contributed by atoms with van der Waals surface area (Å²) in [5.41, 5.74) is 4.64. The fraction of sp³-hybridized carbons (Fsp3) is 0.190. The Labute approximate surface area is 155 Å². The van der Waals surface area contributed by atoms with Crippen LogP contribution in [0.2, 0.25) is 0 Å². The molecule has 0 unspecified atom stereocenters. The number of hydrogen-bond donors (Lipinski definition) is 0. The number of nitrogens with zero attached hydrogens (tertiary/aromatic N) is 3. The molecule has 0 bridgehead atoms. The zero-order chi connectivity index (χ0) is 18.2. The Morgan fingerprint density at radius 2 is 1.93 bits per heavy atom. The number of benzene rings is 2. The molecule has 3 heterocycles. The molecule has 2 aromatic heterocycles. The molecule has 0 amide bonds. The summed E-state index contributed by atoms with van der Waals surface area (Å²) in [7, 11) is 1.67. The van der Waals surface area contributed by atoms with Gasteiger partial charge in [-0.25, -0.2) is 15.0 Å². The minimum atomic E-state index is 0.0699. The maximum Gasteiger partial charge on any atom is 0.202 e. The van der Waals surface area contributed by atoms with Crippen LogP contribution in [0.4, 0.5) is 0 Å². The number of oxazole rings is 1. The smallest absolute Gasteiger partial charge is 0.202 e. The highest BCUT2D eigenvalue weighted by molar-refractivity contribution is 5.80. The average Bonchev–Trinajstić information content (AvgIpc) is 3.17. The van der Waals surface area contributed by atoms with Gasteiger partial charge in [-0.2, -0.15) is 0 Å². The van der Waals surface area contributed by atoms with Crippen molar-refractivity contribution in [1.82, 2.24) is 15.0 Å². The van der Waals surface area contributed by atoms with Crippen LogP contribution in [0.25, 0.3) is 22.2 Å². The summed E-state index contributed by atoms with van der Waals surface area (Å²) >= 11 is 0. The van der Waals surface area contributed by atoms with Gasteiger partial charge in [0.05, 0.1) is 13.0 Å². The second-order valence-corrected chi connectivity index (χ2v) is 6.55. The van der Waals surface area contributed by atoms with Gasteiger partial charge in [0.15, 0.2) is 5.58 Å². The summed E-state index contributed by atoms with van der Waals surface area (Å²) in [6.07, 6.45) is 5.89. The highest BCUT2D eigenvalue weighted by Crippen LogP contribution is 2.35. The summed E-state index contributed by atoms with van der Waals surface area (Å²) in [5.74, 6) is 2.49. The summed E-state index contributed by atoms with van der Waals surface area (Å²) in [5, 5.41) is 0. The van der Waals surface area contributed by atoms with E-state index in [0.29, 0.717) is 12.5 Å². The van der Waals surface area contributed by atoms with E-state index < -0.39 is 0 Å². The molecule has 1 atom stereocenters. The molecular formula is C21H17N3O3. The monoisotopic (exact) mass is 359 g/mol. The molecule has 27 heavy (non-hydrogen) atoms. The van der Waals surface area contributed by atoms with Crippen molar-refractivity contribution in [3.63, 3.8) is 0 Å². The Bertz CT molecular complexity index is 1110. The van der Waals surface area contributed by atoms with Crippen LogP contribution in [0.5, 0.6) is 11.5 Å². The molecule has 0 spiro atoms. The number of rotatable bonds is 3. The van der Waals surface area contributed by atoms with Crippen molar-refractivity contribution in [2.24, 2.45) is 0 Å². The first-order valence-electron chi connectivity index (χ1n) is 8.76. The maximum atomic E-state index is 6.08. The van der Waals surface area contributed by atoms with Gasteiger partial charge < -0.3 is 13.9 Å². The molecule has 1 aliphatic rings. The van der Waals surface area contributed by atoms with Gasteiger partial charge in [0.25, 0.3) is 0 Å². The topological polar surface area (TPSA) is 70.3 Å². The zero-order valence-electron chi connectivity index (χ0n) is 14.8. The quantitative estimate of drug-likeness (QED) is 0.550. The Balaban J connectivity index is 1.47.